The molecule has 1 aromatic heterocycles. The number of aryl methyl sites for hydroxylation is 1. The number of carboxylic acids is 1. The molecule has 0 aliphatic carbocycles. The minimum Gasteiger partial charge on any atom is -0.481 e. The number of carbonyl (C=O) groups is 1. The topological polar surface area (TPSA) is 55.1 Å². The zero-order valence-corrected chi connectivity index (χ0v) is 12.1. The maximum absolute atomic E-state index is 13.4. The number of hydrogen-bond donors (Lipinski definition) is 1. The number of imidazole rings is 1. The van der Waals surface area contributed by atoms with E-state index in [2.05, 4.69) is 4.98 Å². The van der Waals surface area contributed by atoms with Crippen LogP contribution in [0.25, 0.3) is 11.3 Å². The van der Waals surface area contributed by atoms with Gasteiger partial charge in [-0.05, 0) is 50.5 Å². The molecule has 0 fully saturated rings. The highest BCUT2D eigenvalue weighted by molar-refractivity contribution is 5.76. The van der Waals surface area contributed by atoms with Crippen LogP contribution >= 0.6 is 0 Å². The summed E-state index contributed by atoms with van der Waals surface area (Å²) < 4.78 is 15.4. The SMILES string of the molecule is Cc1cc(-c2nc3n(c2C)CCCC3C(=O)O)ccc1F. The smallest absolute Gasteiger partial charge is 0.314 e. The third kappa shape index (κ3) is 2.22. The van der Waals surface area contributed by atoms with Crippen LogP contribution < -0.4 is 0 Å². The summed E-state index contributed by atoms with van der Waals surface area (Å²) in [7, 11) is 0. The van der Waals surface area contributed by atoms with Crippen molar-refractivity contribution in [2.75, 3.05) is 0 Å². The summed E-state index contributed by atoms with van der Waals surface area (Å²) in [6.07, 6.45) is 1.46. The number of halogens is 1. The molecular formula is C16H17FN2O2. The van der Waals surface area contributed by atoms with Gasteiger partial charge in [0.05, 0.1) is 5.69 Å². The third-order valence-electron chi connectivity index (χ3n) is 4.17. The maximum atomic E-state index is 13.4. The van der Waals surface area contributed by atoms with Crippen LogP contribution in [0.5, 0.6) is 0 Å². The number of aromatic nitrogens is 2. The Hall–Kier alpha value is -2.17. The standard InChI is InChI=1S/C16H17FN2O2/c1-9-8-11(5-6-13(9)17)14-10(2)19-7-3-4-12(16(20)21)15(19)18-14/h5-6,8,12H,3-4,7H2,1-2H3,(H,20,21). The van der Waals surface area contributed by atoms with E-state index in [0.717, 1.165) is 29.9 Å². The van der Waals surface area contributed by atoms with Crippen molar-refractivity contribution in [1.82, 2.24) is 9.55 Å². The van der Waals surface area contributed by atoms with Crippen molar-refractivity contribution in [3.05, 3.63) is 41.1 Å². The molecule has 0 radical (unpaired) electrons. The van der Waals surface area contributed by atoms with Crippen molar-refractivity contribution in [3.63, 3.8) is 0 Å². The van der Waals surface area contributed by atoms with E-state index < -0.39 is 11.9 Å². The van der Waals surface area contributed by atoms with E-state index in [-0.39, 0.29) is 5.82 Å². The normalized spacial score (nSPS) is 17.6. The molecule has 4 nitrogen and oxygen atoms in total. The van der Waals surface area contributed by atoms with Crippen molar-refractivity contribution in [2.24, 2.45) is 0 Å². The molecule has 21 heavy (non-hydrogen) atoms. The fourth-order valence-electron chi connectivity index (χ4n) is 2.99. The van der Waals surface area contributed by atoms with Gasteiger partial charge >= 0.3 is 5.97 Å². The molecule has 0 amide bonds. The first-order chi connectivity index (χ1) is 9.99. The molecule has 5 heteroatoms. The second-order valence-corrected chi connectivity index (χ2v) is 5.55. The lowest BCUT2D eigenvalue weighted by Gasteiger charge is -2.20. The minimum absolute atomic E-state index is 0.246. The van der Waals surface area contributed by atoms with Crippen molar-refractivity contribution in [2.45, 2.75) is 39.2 Å². The summed E-state index contributed by atoms with van der Waals surface area (Å²) in [6.45, 7) is 4.44. The minimum atomic E-state index is -0.831. The molecule has 2 aromatic rings. The van der Waals surface area contributed by atoms with Gasteiger partial charge in [0.25, 0.3) is 0 Å². The van der Waals surface area contributed by atoms with E-state index in [1.807, 2.05) is 11.5 Å². The van der Waals surface area contributed by atoms with Crippen LogP contribution in [-0.4, -0.2) is 20.6 Å². The first-order valence-corrected chi connectivity index (χ1v) is 7.05. The van der Waals surface area contributed by atoms with E-state index in [9.17, 15) is 14.3 Å². The largest absolute Gasteiger partial charge is 0.481 e. The molecule has 0 saturated heterocycles. The Balaban J connectivity index is 2.13. The fourth-order valence-corrected chi connectivity index (χ4v) is 2.99. The van der Waals surface area contributed by atoms with Gasteiger partial charge in [0.2, 0.25) is 0 Å². The molecule has 1 unspecified atom stereocenters. The Morgan fingerprint density at radius 3 is 2.86 bits per heavy atom. The van der Waals surface area contributed by atoms with Gasteiger partial charge in [0, 0.05) is 17.8 Å². The number of hydrogen-bond acceptors (Lipinski definition) is 2. The monoisotopic (exact) mass is 288 g/mol. The quantitative estimate of drug-likeness (QED) is 0.922. The number of benzene rings is 1. The highest BCUT2D eigenvalue weighted by Gasteiger charge is 2.30. The summed E-state index contributed by atoms with van der Waals surface area (Å²) in [4.78, 5) is 15.9. The molecule has 1 aliphatic heterocycles. The summed E-state index contributed by atoms with van der Waals surface area (Å²) >= 11 is 0. The second-order valence-electron chi connectivity index (χ2n) is 5.55. The average molecular weight is 288 g/mol. The molecular weight excluding hydrogens is 271 g/mol. The molecule has 3 rings (SSSR count). The Morgan fingerprint density at radius 2 is 2.19 bits per heavy atom. The molecule has 1 N–H and O–H groups in total. The third-order valence-corrected chi connectivity index (χ3v) is 4.17. The lowest BCUT2D eigenvalue weighted by Crippen LogP contribution is -2.22. The van der Waals surface area contributed by atoms with Crippen LogP contribution in [0.15, 0.2) is 18.2 Å². The Labute approximate surface area is 122 Å². The second kappa shape index (κ2) is 4.98. The molecule has 2 heterocycles. The molecule has 1 aromatic carbocycles. The molecule has 1 aliphatic rings. The predicted octanol–water partition coefficient (Wildman–Crippen LogP) is 3.27. The van der Waals surface area contributed by atoms with Gasteiger partial charge in [0.15, 0.2) is 0 Å². The van der Waals surface area contributed by atoms with E-state index in [1.165, 1.54) is 6.07 Å². The lowest BCUT2D eigenvalue weighted by molar-refractivity contribution is -0.139. The first kappa shape index (κ1) is 13.8. The van der Waals surface area contributed by atoms with Gasteiger partial charge in [-0.3, -0.25) is 4.79 Å². The number of aliphatic carboxylic acids is 1. The van der Waals surface area contributed by atoms with Crippen LogP contribution in [0.2, 0.25) is 0 Å². The summed E-state index contributed by atoms with van der Waals surface area (Å²) in [6, 6.07) is 4.88. The van der Waals surface area contributed by atoms with Crippen LogP contribution in [-0.2, 0) is 11.3 Å². The molecule has 1 atom stereocenters. The van der Waals surface area contributed by atoms with Crippen LogP contribution in [0, 0.1) is 19.7 Å². The van der Waals surface area contributed by atoms with Crippen molar-refractivity contribution >= 4 is 5.97 Å². The van der Waals surface area contributed by atoms with E-state index in [0.29, 0.717) is 17.8 Å². The van der Waals surface area contributed by atoms with Gasteiger partial charge in [0.1, 0.15) is 17.6 Å². The molecule has 0 bridgehead atoms. The van der Waals surface area contributed by atoms with Gasteiger partial charge in [-0.25, -0.2) is 9.37 Å². The predicted molar refractivity (Wildman–Crippen MR) is 76.7 cm³/mol. The highest BCUT2D eigenvalue weighted by Crippen LogP contribution is 2.33. The van der Waals surface area contributed by atoms with E-state index in [1.54, 1.807) is 19.1 Å². The average Bonchev–Trinajstić information content (AvgIpc) is 2.79. The highest BCUT2D eigenvalue weighted by atomic mass is 19.1. The summed E-state index contributed by atoms with van der Waals surface area (Å²) in [5, 5.41) is 9.33. The van der Waals surface area contributed by atoms with Gasteiger partial charge in [-0.2, -0.15) is 0 Å². The summed E-state index contributed by atoms with van der Waals surface area (Å²) in [5.41, 5.74) is 3.09. The lowest BCUT2D eigenvalue weighted by atomic mass is 9.99. The Bertz CT molecular complexity index is 721. The van der Waals surface area contributed by atoms with Crippen molar-refractivity contribution < 1.29 is 14.3 Å². The van der Waals surface area contributed by atoms with Crippen molar-refractivity contribution in [1.29, 1.82) is 0 Å². The number of carboxylic acid groups (broad SMARTS) is 1. The number of fused-ring (bicyclic) bond motifs is 1. The zero-order valence-electron chi connectivity index (χ0n) is 12.1. The maximum Gasteiger partial charge on any atom is 0.314 e. The Morgan fingerprint density at radius 1 is 1.43 bits per heavy atom. The number of rotatable bonds is 2. The Kier molecular flexibility index (Phi) is 3.27. The molecule has 110 valence electrons. The van der Waals surface area contributed by atoms with Crippen LogP contribution in [0.1, 0.15) is 35.8 Å². The van der Waals surface area contributed by atoms with Gasteiger partial charge in [-0.1, -0.05) is 0 Å². The van der Waals surface area contributed by atoms with Gasteiger partial charge in [-0.15, -0.1) is 0 Å². The number of nitrogens with zero attached hydrogens (tertiary/aromatic N) is 2. The van der Waals surface area contributed by atoms with Gasteiger partial charge < -0.3 is 9.67 Å². The molecule has 0 spiro atoms. The van der Waals surface area contributed by atoms with Crippen molar-refractivity contribution in [3.8, 4) is 11.3 Å². The van der Waals surface area contributed by atoms with E-state index in [4.69, 9.17) is 0 Å². The first-order valence-electron chi connectivity index (χ1n) is 7.05. The summed E-state index contributed by atoms with van der Waals surface area (Å²) in [5.74, 6) is -1.01. The van der Waals surface area contributed by atoms with Crippen LogP contribution in [0.4, 0.5) is 4.39 Å². The van der Waals surface area contributed by atoms with E-state index >= 15 is 0 Å². The fraction of sp³-hybridized carbons (Fsp3) is 0.375. The molecule has 0 saturated carbocycles. The van der Waals surface area contributed by atoms with Crippen LogP contribution in [0.3, 0.4) is 0 Å². The zero-order chi connectivity index (χ0) is 15.1.